The Balaban J connectivity index is 1.35. The minimum atomic E-state index is 0.237. The lowest BCUT2D eigenvalue weighted by atomic mass is 9.98. The minimum absolute atomic E-state index is 0.237. The molecule has 3 aromatic rings. The van der Waals surface area contributed by atoms with E-state index in [1.54, 1.807) is 0 Å². The molecule has 0 saturated carbocycles. The van der Waals surface area contributed by atoms with Gasteiger partial charge < -0.3 is 10.2 Å². The summed E-state index contributed by atoms with van der Waals surface area (Å²) in [5.74, 6) is 0.237. The molecule has 2 aliphatic heterocycles. The number of carbonyl (C=O) groups excluding carboxylic acids is 1. The van der Waals surface area contributed by atoms with E-state index >= 15 is 0 Å². The van der Waals surface area contributed by atoms with Gasteiger partial charge in [-0.3, -0.25) is 4.79 Å². The zero-order valence-electron chi connectivity index (χ0n) is 17.5. The van der Waals surface area contributed by atoms with Crippen molar-refractivity contribution in [3.8, 4) is 0 Å². The van der Waals surface area contributed by atoms with Crippen molar-refractivity contribution in [2.75, 3.05) is 7.05 Å². The number of rotatable bonds is 4. The highest BCUT2D eigenvalue weighted by atomic mass is 16.2. The number of aromatic nitrogens is 3. The second kappa shape index (κ2) is 7.10. The first-order valence-corrected chi connectivity index (χ1v) is 10.8. The molecule has 0 spiro atoms. The predicted molar refractivity (Wildman–Crippen MR) is 114 cm³/mol. The standard InChI is InChI=1S/C23H29N5O/c1-14-19(15(2)28-23(24-14)20-6-4-5-7-21(20)26-28)10-11-22(29)27(3)18-12-16-8-9-17(13-18)25-16/h4-7,16-18,25H,8-13H2,1-3H3. The van der Waals surface area contributed by atoms with Gasteiger partial charge in [0, 0.05) is 48.4 Å². The predicted octanol–water partition coefficient (Wildman–Crippen LogP) is 3.17. The maximum atomic E-state index is 12.9. The Hall–Kier alpha value is -2.47. The Morgan fingerprint density at radius 2 is 1.93 bits per heavy atom. The summed E-state index contributed by atoms with van der Waals surface area (Å²) in [4.78, 5) is 19.8. The van der Waals surface area contributed by atoms with Gasteiger partial charge in [-0.1, -0.05) is 12.1 Å². The quantitative estimate of drug-likeness (QED) is 0.742. The summed E-state index contributed by atoms with van der Waals surface area (Å²) in [7, 11) is 1.99. The fourth-order valence-corrected chi connectivity index (χ4v) is 5.29. The van der Waals surface area contributed by atoms with Crippen molar-refractivity contribution in [3.05, 3.63) is 41.2 Å². The van der Waals surface area contributed by atoms with E-state index in [-0.39, 0.29) is 5.91 Å². The van der Waals surface area contributed by atoms with Crippen molar-refractivity contribution >= 4 is 22.5 Å². The van der Waals surface area contributed by atoms with E-state index in [1.165, 1.54) is 12.8 Å². The molecule has 0 radical (unpaired) electrons. The van der Waals surface area contributed by atoms with E-state index in [1.807, 2.05) is 41.6 Å². The highest BCUT2D eigenvalue weighted by Crippen LogP contribution is 2.30. The largest absolute Gasteiger partial charge is 0.343 e. The molecule has 1 amide bonds. The van der Waals surface area contributed by atoms with Crippen LogP contribution < -0.4 is 5.32 Å². The third kappa shape index (κ3) is 3.19. The number of benzene rings is 1. The fourth-order valence-electron chi connectivity index (χ4n) is 5.29. The lowest BCUT2D eigenvalue weighted by Crippen LogP contribution is -2.48. The van der Waals surface area contributed by atoms with Gasteiger partial charge in [-0.25, -0.2) is 9.50 Å². The minimum Gasteiger partial charge on any atom is -0.343 e. The van der Waals surface area contributed by atoms with Crippen LogP contribution in [0.3, 0.4) is 0 Å². The third-order valence-electron chi connectivity index (χ3n) is 7.00. The summed E-state index contributed by atoms with van der Waals surface area (Å²) in [6.45, 7) is 4.13. The van der Waals surface area contributed by atoms with E-state index < -0.39 is 0 Å². The van der Waals surface area contributed by atoms with Gasteiger partial charge >= 0.3 is 0 Å². The van der Waals surface area contributed by atoms with Crippen molar-refractivity contribution < 1.29 is 4.79 Å². The van der Waals surface area contributed by atoms with Crippen LogP contribution in [0.1, 0.15) is 49.1 Å². The van der Waals surface area contributed by atoms with Gasteiger partial charge in [-0.05, 0) is 63.6 Å². The van der Waals surface area contributed by atoms with Gasteiger partial charge in [0.25, 0.3) is 0 Å². The topological polar surface area (TPSA) is 62.5 Å². The number of amides is 1. The number of hydrogen-bond donors (Lipinski definition) is 1. The number of hydrogen-bond acceptors (Lipinski definition) is 4. The van der Waals surface area contributed by atoms with E-state index in [4.69, 9.17) is 10.1 Å². The maximum absolute atomic E-state index is 12.9. The SMILES string of the molecule is Cc1nc2c3ccccc3nn2c(C)c1CCC(=O)N(C)C1CC2CCC(C1)N2. The summed E-state index contributed by atoms with van der Waals surface area (Å²) in [6, 6.07) is 9.67. The van der Waals surface area contributed by atoms with Crippen LogP contribution in [0.25, 0.3) is 16.6 Å². The molecule has 6 heteroatoms. The van der Waals surface area contributed by atoms with Crippen molar-refractivity contribution in [2.24, 2.45) is 0 Å². The Kier molecular flexibility index (Phi) is 4.54. The van der Waals surface area contributed by atoms with E-state index in [0.29, 0.717) is 31.0 Å². The summed E-state index contributed by atoms with van der Waals surface area (Å²) in [5.41, 5.74) is 5.07. The van der Waals surface area contributed by atoms with Gasteiger partial charge in [-0.2, -0.15) is 5.10 Å². The molecule has 4 heterocycles. The molecule has 1 aromatic carbocycles. The molecule has 152 valence electrons. The molecule has 5 rings (SSSR count). The average molecular weight is 392 g/mol. The number of fused-ring (bicyclic) bond motifs is 5. The van der Waals surface area contributed by atoms with Gasteiger partial charge in [-0.15, -0.1) is 0 Å². The van der Waals surface area contributed by atoms with E-state index in [0.717, 1.165) is 46.3 Å². The first-order chi connectivity index (χ1) is 14.0. The number of piperidine rings is 1. The van der Waals surface area contributed by atoms with Gasteiger partial charge in [0.1, 0.15) is 0 Å². The Morgan fingerprint density at radius 3 is 2.69 bits per heavy atom. The van der Waals surface area contributed by atoms with Crippen LogP contribution in [-0.2, 0) is 11.2 Å². The highest BCUT2D eigenvalue weighted by Gasteiger charge is 2.36. The van der Waals surface area contributed by atoms with Crippen LogP contribution in [0, 0.1) is 13.8 Å². The Morgan fingerprint density at radius 1 is 1.21 bits per heavy atom. The van der Waals surface area contributed by atoms with Gasteiger partial charge in [0.05, 0.1) is 5.52 Å². The number of carbonyl (C=O) groups is 1. The van der Waals surface area contributed by atoms with Crippen molar-refractivity contribution in [3.63, 3.8) is 0 Å². The molecule has 2 fully saturated rings. The van der Waals surface area contributed by atoms with Crippen LogP contribution >= 0.6 is 0 Å². The van der Waals surface area contributed by atoms with Crippen LogP contribution in [0.2, 0.25) is 0 Å². The molecule has 1 N–H and O–H groups in total. The number of nitrogens with zero attached hydrogens (tertiary/aromatic N) is 4. The fraction of sp³-hybridized carbons (Fsp3) is 0.522. The molecular formula is C23H29N5O. The van der Waals surface area contributed by atoms with E-state index in [9.17, 15) is 4.79 Å². The second-order valence-corrected chi connectivity index (χ2v) is 8.78. The zero-order chi connectivity index (χ0) is 20.1. The molecule has 2 saturated heterocycles. The molecule has 6 nitrogen and oxygen atoms in total. The van der Waals surface area contributed by atoms with Crippen molar-refractivity contribution in [2.45, 2.75) is 70.5 Å². The van der Waals surface area contributed by atoms with E-state index in [2.05, 4.69) is 18.3 Å². The van der Waals surface area contributed by atoms with Crippen LogP contribution in [0.5, 0.6) is 0 Å². The molecule has 2 unspecified atom stereocenters. The highest BCUT2D eigenvalue weighted by molar-refractivity contribution is 5.92. The lowest BCUT2D eigenvalue weighted by Gasteiger charge is -2.35. The first-order valence-electron chi connectivity index (χ1n) is 10.8. The smallest absolute Gasteiger partial charge is 0.222 e. The first kappa shape index (κ1) is 18.6. The van der Waals surface area contributed by atoms with Gasteiger partial charge in [0.2, 0.25) is 5.91 Å². The van der Waals surface area contributed by atoms with Crippen LogP contribution in [-0.4, -0.2) is 50.6 Å². The number of nitrogens with one attached hydrogen (secondary N) is 1. The summed E-state index contributed by atoms with van der Waals surface area (Å²) in [5, 5.41) is 9.46. The monoisotopic (exact) mass is 391 g/mol. The van der Waals surface area contributed by atoms with Crippen molar-refractivity contribution in [1.29, 1.82) is 0 Å². The maximum Gasteiger partial charge on any atom is 0.222 e. The molecule has 0 aliphatic carbocycles. The molecular weight excluding hydrogens is 362 g/mol. The normalized spacial score (nSPS) is 23.8. The average Bonchev–Trinajstić information content (AvgIpc) is 3.26. The lowest BCUT2D eigenvalue weighted by molar-refractivity contribution is -0.132. The molecule has 29 heavy (non-hydrogen) atoms. The van der Waals surface area contributed by atoms with Crippen LogP contribution in [0.4, 0.5) is 0 Å². The Labute approximate surface area is 171 Å². The van der Waals surface area contributed by atoms with Crippen molar-refractivity contribution in [1.82, 2.24) is 24.8 Å². The Bertz CT molecular complexity index is 1080. The second-order valence-electron chi connectivity index (χ2n) is 8.78. The summed E-state index contributed by atoms with van der Waals surface area (Å²) >= 11 is 0. The summed E-state index contributed by atoms with van der Waals surface area (Å²) < 4.78 is 1.94. The van der Waals surface area contributed by atoms with Crippen LogP contribution in [0.15, 0.2) is 24.3 Å². The molecule has 2 atom stereocenters. The molecule has 2 aromatic heterocycles. The molecule has 2 bridgehead atoms. The number of aryl methyl sites for hydroxylation is 2. The zero-order valence-corrected chi connectivity index (χ0v) is 17.5. The summed E-state index contributed by atoms with van der Waals surface area (Å²) in [6.07, 6.45) is 5.91. The van der Waals surface area contributed by atoms with Gasteiger partial charge in [0.15, 0.2) is 5.65 Å². The molecule has 2 aliphatic rings. The third-order valence-corrected chi connectivity index (χ3v) is 7.00.